The lowest BCUT2D eigenvalue weighted by Crippen LogP contribution is -2.41. The smallest absolute Gasteiger partial charge is 0.289 e. The molecule has 6 heteroatoms. The van der Waals surface area contributed by atoms with E-state index in [2.05, 4.69) is 0 Å². The molecule has 5 nitrogen and oxygen atoms in total. The predicted molar refractivity (Wildman–Crippen MR) is 93.0 cm³/mol. The lowest BCUT2D eigenvalue weighted by Gasteiger charge is -2.22. The molecule has 0 aromatic heterocycles. The fourth-order valence-corrected chi connectivity index (χ4v) is 4.14. The molecular formula is C18H16N2O3S. The Balaban J connectivity index is 1.52. The van der Waals surface area contributed by atoms with Crippen LogP contribution < -0.4 is 0 Å². The van der Waals surface area contributed by atoms with Gasteiger partial charge in [0, 0.05) is 18.7 Å². The summed E-state index contributed by atoms with van der Waals surface area (Å²) in [6.07, 6.45) is 0.650. The van der Waals surface area contributed by atoms with E-state index in [1.54, 1.807) is 4.90 Å². The number of carbonyl (C=O) groups excluding carboxylic acids is 3. The number of thioether (sulfide) groups is 1. The zero-order valence-electron chi connectivity index (χ0n) is 13.0. The highest BCUT2D eigenvalue weighted by atomic mass is 32.2. The number of nitrogens with zero attached hydrogens (tertiary/aromatic N) is 2. The Morgan fingerprint density at radius 1 is 1.08 bits per heavy atom. The van der Waals surface area contributed by atoms with Gasteiger partial charge in [0.2, 0.25) is 5.91 Å². The molecule has 1 unspecified atom stereocenters. The standard InChI is InChI=1S/C18H16N2O3S/c21-16-11-24-18(23)20(16)15-7-8-19(10-15)17(22)14-6-5-12-3-1-2-4-13(12)9-14/h1-6,9,15H,7-8,10-11H2. The number of hydrogen-bond acceptors (Lipinski definition) is 4. The number of imide groups is 1. The molecule has 4 rings (SSSR count). The van der Waals surface area contributed by atoms with Gasteiger partial charge in [-0.25, -0.2) is 0 Å². The first-order chi connectivity index (χ1) is 11.6. The number of rotatable bonds is 2. The fraction of sp³-hybridized carbons (Fsp3) is 0.278. The van der Waals surface area contributed by atoms with E-state index in [0.29, 0.717) is 25.1 Å². The van der Waals surface area contributed by atoms with Crippen molar-refractivity contribution in [3.05, 3.63) is 48.0 Å². The van der Waals surface area contributed by atoms with Gasteiger partial charge in [-0.05, 0) is 29.3 Å². The summed E-state index contributed by atoms with van der Waals surface area (Å²) >= 11 is 1.04. The van der Waals surface area contributed by atoms with E-state index in [9.17, 15) is 14.4 Å². The van der Waals surface area contributed by atoms with Crippen LogP contribution in [-0.2, 0) is 4.79 Å². The van der Waals surface area contributed by atoms with Crippen molar-refractivity contribution in [2.75, 3.05) is 18.8 Å². The number of hydrogen-bond donors (Lipinski definition) is 0. The molecule has 0 bridgehead atoms. The molecule has 2 aromatic rings. The van der Waals surface area contributed by atoms with Gasteiger partial charge in [0.25, 0.3) is 11.1 Å². The van der Waals surface area contributed by atoms with Crippen LogP contribution in [0.5, 0.6) is 0 Å². The van der Waals surface area contributed by atoms with Crippen LogP contribution in [0.2, 0.25) is 0 Å². The van der Waals surface area contributed by atoms with Crippen molar-refractivity contribution in [1.82, 2.24) is 9.80 Å². The molecule has 0 N–H and O–H groups in total. The molecule has 0 radical (unpaired) electrons. The van der Waals surface area contributed by atoms with Crippen molar-refractivity contribution in [2.45, 2.75) is 12.5 Å². The number of fused-ring (bicyclic) bond motifs is 1. The average molecular weight is 340 g/mol. The second-order valence-corrected chi connectivity index (χ2v) is 7.00. The van der Waals surface area contributed by atoms with Gasteiger partial charge in [-0.2, -0.15) is 0 Å². The topological polar surface area (TPSA) is 57.7 Å². The van der Waals surface area contributed by atoms with E-state index in [4.69, 9.17) is 0 Å². The largest absolute Gasteiger partial charge is 0.336 e. The van der Waals surface area contributed by atoms with Gasteiger partial charge in [0.15, 0.2) is 0 Å². The molecule has 0 aliphatic carbocycles. The minimum absolute atomic E-state index is 0.0463. The van der Waals surface area contributed by atoms with Crippen LogP contribution in [0.25, 0.3) is 10.8 Å². The molecular weight excluding hydrogens is 324 g/mol. The highest BCUT2D eigenvalue weighted by molar-refractivity contribution is 8.14. The zero-order chi connectivity index (χ0) is 16.7. The number of amides is 3. The maximum atomic E-state index is 12.7. The third-order valence-electron chi connectivity index (χ3n) is 4.60. The monoisotopic (exact) mass is 340 g/mol. The van der Waals surface area contributed by atoms with E-state index in [1.807, 2.05) is 42.5 Å². The summed E-state index contributed by atoms with van der Waals surface area (Å²) < 4.78 is 0. The first-order valence-electron chi connectivity index (χ1n) is 7.90. The van der Waals surface area contributed by atoms with Crippen molar-refractivity contribution < 1.29 is 14.4 Å². The fourth-order valence-electron chi connectivity index (χ4n) is 3.36. The van der Waals surface area contributed by atoms with Crippen LogP contribution in [0.1, 0.15) is 16.8 Å². The highest BCUT2D eigenvalue weighted by Gasteiger charge is 2.40. The summed E-state index contributed by atoms with van der Waals surface area (Å²) in [5.41, 5.74) is 0.641. The molecule has 2 aliphatic heterocycles. The van der Waals surface area contributed by atoms with Crippen molar-refractivity contribution in [2.24, 2.45) is 0 Å². The number of benzene rings is 2. The van der Waals surface area contributed by atoms with Crippen molar-refractivity contribution in [3.63, 3.8) is 0 Å². The Bertz CT molecular complexity index is 835. The predicted octanol–water partition coefficient (Wildman–Crippen LogP) is 2.75. The Labute approximate surface area is 143 Å². The van der Waals surface area contributed by atoms with Gasteiger partial charge in [0.1, 0.15) is 0 Å². The normalized spacial score (nSPS) is 21.1. The quantitative estimate of drug-likeness (QED) is 0.843. The molecule has 122 valence electrons. The van der Waals surface area contributed by atoms with Gasteiger partial charge in [-0.1, -0.05) is 42.1 Å². The van der Waals surface area contributed by atoms with E-state index < -0.39 is 0 Å². The molecule has 0 saturated carbocycles. The number of carbonyl (C=O) groups is 3. The second kappa shape index (κ2) is 5.94. The molecule has 2 aliphatic rings. The third-order valence-corrected chi connectivity index (χ3v) is 5.43. The summed E-state index contributed by atoms with van der Waals surface area (Å²) in [4.78, 5) is 39.5. The Hall–Kier alpha value is -2.34. The van der Waals surface area contributed by atoms with Crippen molar-refractivity contribution in [3.8, 4) is 0 Å². The Morgan fingerprint density at radius 3 is 2.62 bits per heavy atom. The highest BCUT2D eigenvalue weighted by Crippen LogP contribution is 2.27. The van der Waals surface area contributed by atoms with E-state index in [-0.39, 0.29) is 28.8 Å². The van der Waals surface area contributed by atoms with Gasteiger partial charge in [-0.3, -0.25) is 19.3 Å². The summed E-state index contributed by atoms with van der Waals surface area (Å²) in [7, 11) is 0. The van der Waals surface area contributed by atoms with E-state index in [0.717, 1.165) is 22.5 Å². The maximum Gasteiger partial charge on any atom is 0.289 e. The molecule has 2 saturated heterocycles. The van der Waals surface area contributed by atoms with Crippen LogP contribution in [0.3, 0.4) is 0 Å². The lowest BCUT2D eigenvalue weighted by molar-refractivity contribution is -0.126. The molecule has 2 aromatic carbocycles. The third kappa shape index (κ3) is 2.57. The summed E-state index contributed by atoms with van der Waals surface area (Å²) in [6.45, 7) is 0.988. The van der Waals surface area contributed by atoms with Crippen LogP contribution >= 0.6 is 11.8 Å². The minimum atomic E-state index is -0.190. The molecule has 2 heterocycles. The summed E-state index contributed by atoms with van der Waals surface area (Å²) in [5.74, 6) is 0.0264. The Morgan fingerprint density at radius 2 is 1.88 bits per heavy atom. The SMILES string of the molecule is O=C(c1ccc2ccccc2c1)N1CCC(N2C(=O)CSC2=O)C1. The summed E-state index contributed by atoms with van der Waals surface area (Å²) in [5, 5.41) is 1.93. The molecule has 24 heavy (non-hydrogen) atoms. The van der Waals surface area contributed by atoms with Crippen LogP contribution in [0.4, 0.5) is 4.79 Å². The van der Waals surface area contributed by atoms with E-state index >= 15 is 0 Å². The minimum Gasteiger partial charge on any atom is -0.336 e. The van der Waals surface area contributed by atoms with Gasteiger partial charge in [-0.15, -0.1) is 0 Å². The molecule has 2 fully saturated rings. The van der Waals surface area contributed by atoms with Crippen molar-refractivity contribution >= 4 is 39.6 Å². The lowest BCUT2D eigenvalue weighted by atomic mass is 10.1. The maximum absolute atomic E-state index is 12.7. The van der Waals surface area contributed by atoms with Gasteiger partial charge >= 0.3 is 0 Å². The summed E-state index contributed by atoms with van der Waals surface area (Å²) in [6, 6.07) is 13.4. The first kappa shape index (κ1) is 15.2. The number of likely N-dealkylation sites (tertiary alicyclic amines) is 1. The van der Waals surface area contributed by atoms with Crippen LogP contribution in [-0.4, -0.2) is 51.7 Å². The first-order valence-corrected chi connectivity index (χ1v) is 8.89. The molecule has 0 spiro atoms. The van der Waals surface area contributed by atoms with Crippen LogP contribution in [0.15, 0.2) is 42.5 Å². The van der Waals surface area contributed by atoms with Gasteiger partial charge < -0.3 is 4.90 Å². The zero-order valence-corrected chi connectivity index (χ0v) is 13.8. The molecule has 1 atom stereocenters. The van der Waals surface area contributed by atoms with Crippen molar-refractivity contribution in [1.29, 1.82) is 0 Å². The van der Waals surface area contributed by atoms with Gasteiger partial charge in [0.05, 0.1) is 11.8 Å². The van der Waals surface area contributed by atoms with Crippen LogP contribution in [0, 0.1) is 0 Å². The Kier molecular flexibility index (Phi) is 3.76. The average Bonchev–Trinajstić information content (AvgIpc) is 3.20. The second-order valence-electron chi connectivity index (χ2n) is 6.07. The molecule has 3 amide bonds. The van der Waals surface area contributed by atoms with E-state index in [1.165, 1.54) is 4.90 Å².